The van der Waals surface area contributed by atoms with Gasteiger partial charge in [-0.15, -0.1) is 0 Å². The Bertz CT molecular complexity index is 334. The fraction of sp³-hybridized carbons (Fsp3) is 0.500. The average Bonchev–Trinajstić information content (AvgIpc) is 2.25. The summed E-state index contributed by atoms with van der Waals surface area (Å²) in [5.41, 5.74) is 0.837. The standard InChI is InChI=1S/C12H15FIN/c13-12-5-4-11(14)8-10(12)9-15-6-2-1-3-7-15/h4-5,8H,1-3,6-7,9H2. The van der Waals surface area contributed by atoms with Crippen LogP contribution in [0, 0.1) is 9.39 Å². The fourth-order valence-electron chi connectivity index (χ4n) is 2.02. The minimum Gasteiger partial charge on any atom is -0.299 e. The predicted molar refractivity (Wildman–Crippen MR) is 68.2 cm³/mol. The van der Waals surface area contributed by atoms with Crippen molar-refractivity contribution in [1.29, 1.82) is 0 Å². The summed E-state index contributed by atoms with van der Waals surface area (Å²) in [5, 5.41) is 0. The Morgan fingerprint density at radius 3 is 2.67 bits per heavy atom. The van der Waals surface area contributed by atoms with E-state index in [0.29, 0.717) is 0 Å². The van der Waals surface area contributed by atoms with Crippen LogP contribution in [0.5, 0.6) is 0 Å². The topological polar surface area (TPSA) is 3.24 Å². The molecule has 0 aromatic heterocycles. The minimum atomic E-state index is -0.0685. The second-order valence-corrected chi connectivity index (χ2v) is 5.32. The quantitative estimate of drug-likeness (QED) is 0.755. The van der Waals surface area contributed by atoms with Crippen LogP contribution in [-0.2, 0) is 6.54 Å². The summed E-state index contributed by atoms with van der Waals surface area (Å²) in [6.45, 7) is 3.00. The minimum absolute atomic E-state index is 0.0685. The second-order valence-electron chi connectivity index (χ2n) is 4.07. The van der Waals surface area contributed by atoms with Crippen molar-refractivity contribution in [2.75, 3.05) is 13.1 Å². The van der Waals surface area contributed by atoms with Gasteiger partial charge < -0.3 is 0 Å². The van der Waals surface area contributed by atoms with Gasteiger partial charge >= 0.3 is 0 Å². The number of halogens is 2. The smallest absolute Gasteiger partial charge is 0.127 e. The zero-order valence-electron chi connectivity index (χ0n) is 8.68. The molecule has 0 saturated carbocycles. The Labute approximate surface area is 104 Å². The molecule has 1 fully saturated rings. The highest BCUT2D eigenvalue weighted by atomic mass is 127. The normalized spacial score (nSPS) is 18.0. The molecule has 0 aliphatic carbocycles. The fourth-order valence-corrected chi connectivity index (χ4v) is 2.58. The first-order valence-electron chi connectivity index (χ1n) is 5.42. The van der Waals surface area contributed by atoms with Gasteiger partial charge in [-0.1, -0.05) is 6.42 Å². The van der Waals surface area contributed by atoms with E-state index in [0.717, 1.165) is 28.8 Å². The molecule has 1 aliphatic heterocycles. The van der Waals surface area contributed by atoms with Gasteiger partial charge in [-0.05, 0) is 66.7 Å². The van der Waals surface area contributed by atoms with Gasteiger partial charge in [0.2, 0.25) is 0 Å². The molecule has 1 saturated heterocycles. The van der Waals surface area contributed by atoms with Gasteiger partial charge in [0, 0.05) is 15.7 Å². The highest BCUT2D eigenvalue weighted by Crippen LogP contribution is 2.17. The number of hydrogen-bond acceptors (Lipinski definition) is 1. The number of piperidine rings is 1. The van der Waals surface area contributed by atoms with E-state index in [2.05, 4.69) is 27.5 Å². The molecule has 0 amide bonds. The summed E-state index contributed by atoms with van der Waals surface area (Å²) >= 11 is 2.23. The molecule has 0 unspecified atom stereocenters. The second kappa shape index (κ2) is 5.25. The van der Waals surface area contributed by atoms with Gasteiger partial charge in [-0.3, -0.25) is 4.90 Å². The third-order valence-electron chi connectivity index (χ3n) is 2.85. The molecule has 0 N–H and O–H groups in total. The largest absolute Gasteiger partial charge is 0.299 e. The molecule has 0 radical (unpaired) electrons. The first-order valence-corrected chi connectivity index (χ1v) is 6.50. The van der Waals surface area contributed by atoms with Crippen LogP contribution in [0.25, 0.3) is 0 Å². The molecule has 1 aromatic carbocycles. The van der Waals surface area contributed by atoms with Crippen molar-refractivity contribution in [3.8, 4) is 0 Å². The summed E-state index contributed by atoms with van der Waals surface area (Å²) in [6.07, 6.45) is 3.84. The first-order chi connectivity index (χ1) is 7.25. The molecular weight excluding hydrogens is 304 g/mol. The highest BCUT2D eigenvalue weighted by Gasteiger charge is 2.12. The van der Waals surface area contributed by atoms with Crippen LogP contribution < -0.4 is 0 Å². The highest BCUT2D eigenvalue weighted by molar-refractivity contribution is 14.1. The number of likely N-dealkylation sites (tertiary alicyclic amines) is 1. The van der Waals surface area contributed by atoms with Crippen molar-refractivity contribution < 1.29 is 4.39 Å². The Morgan fingerprint density at radius 2 is 1.93 bits per heavy atom. The van der Waals surface area contributed by atoms with Crippen molar-refractivity contribution in [1.82, 2.24) is 4.90 Å². The Kier molecular flexibility index (Phi) is 3.97. The summed E-state index contributed by atoms with van der Waals surface area (Å²) in [4.78, 5) is 2.35. The van der Waals surface area contributed by atoms with E-state index in [1.54, 1.807) is 6.07 Å². The maximum atomic E-state index is 13.5. The molecule has 0 bridgehead atoms. The molecule has 82 valence electrons. The first kappa shape index (κ1) is 11.3. The lowest BCUT2D eigenvalue weighted by molar-refractivity contribution is 0.218. The lowest BCUT2D eigenvalue weighted by Crippen LogP contribution is -2.29. The Balaban J connectivity index is 2.05. The van der Waals surface area contributed by atoms with Crippen LogP contribution in [0.2, 0.25) is 0 Å². The van der Waals surface area contributed by atoms with Crippen LogP contribution in [0.3, 0.4) is 0 Å². The van der Waals surface area contributed by atoms with Crippen LogP contribution in [0.4, 0.5) is 4.39 Å². The molecule has 1 nitrogen and oxygen atoms in total. The number of rotatable bonds is 2. The summed E-state index contributed by atoms with van der Waals surface area (Å²) in [6, 6.07) is 5.33. The lowest BCUT2D eigenvalue weighted by Gasteiger charge is -2.26. The number of nitrogens with zero attached hydrogens (tertiary/aromatic N) is 1. The van der Waals surface area contributed by atoms with E-state index in [-0.39, 0.29) is 5.82 Å². The van der Waals surface area contributed by atoms with Crippen molar-refractivity contribution >= 4 is 22.6 Å². The van der Waals surface area contributed by atoms with E-state index < -0.39 is 0 Å². The molecule has 3 heteroatoms. The third kappa shape index (κ3) is 3.14. The maximum absolute atomic E-state index is 13.5. The van der Waals surface area contributed by atoms with Crippen molar-refractivity contribution in [3.05, 3.63) is 33.1 Å². The summed E-state index contributed by atoms with van der Waals surface area (Å²) in [7, 11) is 0. The van der Waals surface area contributed by atoms with Crippen LogP contribution >= 0.6 is 22.6 Å². The number of hydrogen-bond donors (Lipinski definition) is 0. The van der Waals surface area contributed by atoms with Gasteiger partial charge in [-0.2, -0.15) is 0 Å². The number of benzene rings is 1. The maximum Gasteiger partial charge on any atom is 0.127 e. The van der Waals surface area contributed by atoms with Crippen molar-refractivity contribution in [2.45, 2.75) is 25.8 Å². The van der Waals surface area contributed by atoms with E-state index >= 15 is 0 Å². The van der Waals surface area contributed by atoms with Gasteiger partial charge in [0.1, 0.15) is 5.82 Å². The molecule has 1 heterocycles. The predicted octanol–water partition coefficient (Wildman–Crippen LogP) is 3.42. The molecule has 2 rings (SSSR count). The lowest BCUT2D eigenvalue weighted by atomic mass is 10.1. The van der Waals surface area contributed by atoms with Gasteiger partial charge in [0.15, 0.2) is 0 Å². The van der Waals surface area contributed by atoms with Crippen LogP contribution in [0.15, 0.2) is 18.2 Å². The molecule has 15 heavy (non-hydrogen) atoms. The van der Waals surface area contributed by atoms with Crippen LogP contribution in [-0.4, -0.2) is 18.0 Å². The average molecular weight is 319 g/mol. The van der Waals surface area contributed by atoms with E-state index in [9.17, 15) is 4.39 Å². The Hall–Kier alpha value is -0.160. The molecule has 0 atom stereocenters. The van der Waals surface area contributed by atoms with E-state index in [1.165, 1.54) is 19.3 Å². The third-order valence-corrected chi connectivity index (χ3v) is 3.52. The Morgan fingerprint density at radius 1 is 1.20 bits per heavy atom. The molecular formula is C12H15FIN. The molecule has 1 aliphatic rings. The van der Waals surface area contributed by atoms with Crippen LogP contribution in [0.1, 0.15) is 24.8 Å². The summed E-state index contributed by atoms with van der Waals surface area (Å²) in [5.74, 6) is -0.0685. The molecule has 1 aromatic rings. The summed E-state index contributed by atoms with van der Waals surface area (Å²) < 4.78 is 14.6. The van der Waals surface area contributed by atoms with Gasteiger partial charge in [0.25, 0.3) is 0 Å². The molecule has 0 spiro atoms. The van der Waals surface area contributed by atoms with Crippen molar-refractivity contribution in [3.63, 3.8) is 0 Å². The van der Waals surface area contributed by atoms with E-state index in [4.69, 9.17) is 0 Å². The van der Waals surface area contributed by atoms with Gasteiger partial charge in [0.05, 0.1) is 0 Å². The zero-order chi connectivity index (χ0) is 10.7. The zero-order valence-corrected chi connectivity index (χ0v) is 10.8. The van der Waals surface area contributed by atoms with Crippen molar-refractivity contribution in [2.24, 2.45) is 0 Å². The monoisotopic (exact) mass is 319 g/mol. The van der Waals surface area contributed by atoms with E-state index in [1.807, 2.05) is 12.1 Å². The van der Waals surface area contributed by atoms with Gasteiger partial charge in [-0.25, -0.2) is 4.39 Å². The SMILES string of the molecule is Fc1ccc(I)cc1CN1CCCCC1.